The lowest BCUT2D eigenvalue weighted by atomic mass is 9.80. The number of anilines is 1. The smallest absolute Gasteiger partial charge is 0.314 e. The van der Waals surface area contributed by atoms with E-state index in [0.29, 0.717) is 23.0 Å². The van der Waals surface area contributed by atoms with Crippen LogP contribution in [0.5, 0.6) is 0 Å². The van der Waals surface area contributed by atoms with Gasteiger partial charge in [0.2, 0.25) is 0 Å². The molecule has 3 N–H and O–H groups in total. The highest BCUT2D eigenvalue weighted by molar-refractivity contribution is 5.78. The van der Waals surface area contributed by atoms with Crippen LogP contribution in [0.1, 0.15) is 33.1 Å². The fourth-order valence-electron chi connectivity index (χ4n) is 3.15. The van der Waals surface area contributed by atoms with Gasteiger partial charge in [-0.2, -0.15) is 0 Å². The quantitative estimate of drug-likeness (QED) is 0.742. The average molecular weight is 287 g/mol. The topological polar surface area (TPSA) is 77.8 Å². The Kier molecular flexibility index (Phi) is 3.57. The van der Waals surface area contributed by atoms with Crippen molar-refractivity contribution in [3.05, 3.63) is 38.9 Å². The Hall–Kier alpha value is -2.04. The molecular formula is C16H21N3O2. The Morgan fingerprint density at radius 2 is 1.76 bits per heavy atom. The first-order valence-corrected chi connectivity index (χ1v) is 7.56. The van der Waals surface area contributed by atoms with Crippen molar-refractivity contribution in [1.29, 1.82) is 0 Å². The van der Waals surface area contributed by atoms with Crippen LogP contribution in [0.2, 0.25) is 0 Å². The Morgan fingerprint density at radius 3 is 2.52 bits per heavy atom. The average Bonchev–Trinajstić information content (AvgIpc) is 2.44. The van der Waals surface area contributed by atoms with Gasteiger partial charge in [-0.1, -0.05) is 20.3 Å². The third kappa shape index (κ3) is 2.86. The van der Waals surface area contributed by atoms with Crippen LogP contribution in [-0.2, 0) is 0 Å². The molecule has 3 atom stereocenters. The second-order valence-electron chi connectivity index (χ2n) is 6.31. The number of aromatic amines is 2. The predicted molar refractivity (Wildman–Crippen MR) is 84.8 cm³/mol. The summed E-state index contributed by atoms with van der Waals surface area (Å²) in [6.45, 7) is 4.58. The number of hydrogen-bond donors (Lipinski definition) is 3. The van der Waals surface area contributed by atoms with Crippen LogP contribution >= 0.6 is 0 Å². The highest BCUT2D eigenvalue weighted by Gasteiger charge is 2.25. The molecule has 1 aliphatic carbocycles. The summed E-state index contributed by atoms with van der Waals surface area (Å²) in [6, 6.07) is 6.12. The van der Waals surface area contributed by atoms with Gasteiger partial charge in [0, 0.05) is 11.7 Å². The van der Waals surface area contributed by atoms with Gasteiger partial charge in [-0.15, -0.1) is 0 Å². The van der Waals surface area contributed by atoms with E-state index in [1.807, 2.05) is 18.2 Å². The zero-order valence-electron chi connectivity index (χ0n) is 12.4. The zero-order valence-corrected chi connectivity index (χ0v) is 12.4. The first kappa shape index (κ1) is 13.9. The fourth-order valence-corrected chi connectivity index (χ4v) is 3.15. The van der Waals surface area contributed by atoms with Gasteiger partial charge >= 0.3 is 11.1 Å². The molecule has 0 saturated heterocycles. The molecule has 1 heterocycles. The maximum atomic E-state index is 11.4. The van der Waals surface area contributed by atoms with Crippen LogP contribution in [0.25, 0.3) is 11.0 Å². The van der Waals surface area contributed by atoms with E-state index in [4.69, 9.17) is 0 Å². The van der Waals surface area contributed by atoms with Crippen LogP contribution in [0.4, 0.5) is 5.69 Å². The van der Waals surface area contributed by atoms with E-state index < -0.39 is 11.1 Å². The number of fused-ring (bicyclic) bond motifs is 1. The number of hydrogen-bond acceptors (Lipinski definition) is 3. The second-order valence-corrected chi connectivity index (χ2v) is 6.31. The van der Waals surface area contributed by atoms with Gasteiger partial charge in [-0.05, 0) is 42.9 Å². The van der Waals surface area contributed by atoms with Crippen LogP contribution in [-0.4, -0.2) is 16.0 Å². The lowest BCUT2D eigenvalue weighted by molar-refractivity contribution is 0.281. The lowest BCUT2D eigenvalue weighted by Gasteiger charge is -2.34. The van der Waals surface area contributed by atoms with Crippen LogP contribution in [0.15, 0.2) is 27.8 Å². The summed E-state index contributed by atoms with van der Waals surface area (Å²) in [6.07, 6.45) is 3.71. The highest BCUT2D eigenvalue weighted by Crippen LogP contribution is 2.30. The van der Waals surface area contributed by atoms with Crippen molar-refractivity contribution in [2.75, 3.05) is 5.32 Å². The molecule has 0 spiro atoms. The zero-order chi connectivity index (χ0) is 15.0. The van der Waals surface area contributed by atoms with E-state index >= 15 is 0 Å². The third-order valence-electron chi connectivity index (χ3n) is 4.53. The van der Waals surface area contributed by atoms with Gasteiger partial charge in [0.05, 0.1) is 11.0 Å². The van der Waals surface area contributed by atoms with E-state index in [-0.39, 0.29) is 0 Å². The molecule has 1 aliphatic rings. The molecule has 1 aromatic carbocycles. The van der Waals surface area contributed by atoms with Crippen molar-refractivity contribution in [3.8, 4) is 0 Å². The van der Waals surface area contributed by atoms with E-state index in [0.717, 1.165) is 11.6 Å². The normalized spacial score (nSPS) is 25.9. The Labute approximate surface area is 122 Å². The molecule has 2 aromatic rings. The Morgan fingerprint density at radius 1 is 1.05 bits per heavy atom. The molecule has 5 nitrogen and oxygen atoms in total. The minimum atomic E-state index is -0.613. The van der Waals surface area contributed by atoms with Gasteiger partial charge in [-0.25, -0.2) is 0 Å². The maximum absolute atomic E-state index is 11.4. The van der Waals surface area contributed by atoms with Gasteiger partial charge in [0.1, 0.15) is 0 Å². The minimum absolute atomic E-state index is 0.459. The SMILES string of the molecule is CC1CCC(C)C(Nc2ccc3[nH]c(=O)c(=O)[nH]c3c2)C1. The first-order chi connectivity index (χ1) is 10.0. The maximum Gasteiger partial charge on any atom is 0.314 e. The summed E-state index contributed by atoms with van der Waals surface area (Å²) in [5.41, 5.74) is 1.06. The first-order valence-electron chi connectivity index (χ1n) is 7.56. The second kappa shape index (κ2) is 5.39. The fraction of sp³-hybridized carbons (Fsp3) is 0.500. The molecule has 5 heteroatoms. The minimum Gasteiger partial charge on any atom is -0.382 e. The molecule has 3 unspecified atom stereocenters. The van der Waals surface area contributed by atoms with E-state index in [9.17, 15) is 9.59 Å². The lowest BCUT2D eigenvalue weighted by Crippen LogP contribution is -2.33. The Balaban J connectivity index is 1.89. The van der Waals surface area contributed by atoms with Crippen LogP contribution in [0.3, 0.4) is 0 Å². The van der Waals surface area contributed by atoms with E-state index in [2.05, 4.69) is 29.1 Å². The van der Waals surface area contributed by atoms with E-state index in [1.54, 1.807) is 0 Å². The summed E-state index contributed by atoms with van der Waals surface area (Å²) in [4.78, 5) is 27.9. The molecule has 0 radical (unpaired) electrons. The summed E-state index contributed by atoms with van der Waals surface area (Å²) in [5, 5.41) is 3.57. The van der Waals surface area contributed by atoms with Crippen molar-refractivity contribution >= 4 is 16.7 Å². The van der Waals surface area contributed by atoms with Crippen molar-refractivity contribution in [2.24, 2.45) is 11.8 Å². The molecule has 1 aromatic heterocycles. The van der Waals surface area contributed by atoms with E-state index in [1.165, 1.54) is 19.3 Å². The Bertz CT molecular complexity index is 762. The van der Waals surface area contributed by atoms with Crippen molar-refractivity contribution in [3.63, 3.8) is 0 Å². The third-order valence-corrected chi connectivity index (χ3v) is 4.53. The van der Waals surface area contributed by atoms with Gasteiger partial charge < -0.3 is 15.3 Å². The number of H-pyrrole nitrogens is 2. The summed E-state index contributed by atoms with van der Waals surface area (Å²) >= 11 is 0. The van der Waals surface area contributed by atoms with Gasteiger partial charge in [0.25, 0.3) is 0 Å². The van der Waals surface area contributed by atoms with Gasteiger partial charge in [-0.3, -0.25) is 9.59 Å². The van der Waals surface area contributed by atoms with Crippen molar-refractivity contribution in [2.45, 2.75) is 39.2 Å². The summed E-state index contributed by atoms with van der Waals surface area (Å²) in [7, 11) is 0. The molecule has 21 heavy (non-hydrogen) atoms. The largest absolute Gasteiger partial charge is 0.382 e. The predicted octanol–water partition coefficient (Wildman–Crippen LogP) is 2.45. The van der Waals surface area contributed by atoms with Crippen molar-refractivity contribution in [1.82, 2.24) is 9.97 Å². The number of nitrogens with one attached hydrogen (secondary N) is 3. The van der Waals surface area contributed by atoms with Crippen LogP contribution < -0.4 is 16.4 Å². The standard InChI is InChI=1S/C16H21N3O2/c1-9-3-4-10(2)13(7-9)17-11-5-6-12-14(8-11)19-16(21)15(20)18-12/h5-6,8-10,13,17H,3-4,7H2,1-2H3,(H,18,20)(H,19,21). The summed E-state index contributed by atoms with van der Waals surface area (Å²) < 4.78 is 0. The molecule has 1 fully saturated rings. The molecular weight excluding hydrogens is 266 g/mol. The highest BCUT2D eigenvalue weighted by atomic mass is 16.2. The number of rotatable bonds is 2. The molecule has 112 valence electrons. The van der Waals surface area contributed by atoms with Crippen LogP contribution in [0, 0.1) is 11.8 Å². The number of benzene rings is 1. The van der Waals surface area contributed by atoms with Gasteiger partial charge in [0.15, 0.2) is 0 Å². The van der Waals surface area contributed by atoms with Crippen molar-refractivity contribution < 1.29 is 0 Å². The number of aromatic nitrogens is 2. The molecule has 1 saturated carbocycles. The monoisotopic (exact) mass is 287 g/mol. The summed E-state index contributed by atoms with van der Waals surface area (Å²) in [5.74, 6) is 1.39. The molecule has 0 bridgehead atoms. The molecule has 0 amide bonds. The molecule has 3 rings (SSSR count). The molecule has 0 aliphatic heterocycles.